The molecule has 1 aromatic rings. The van der Waals surface area contributed by atoms with Crippen LogP contribution in [-0.4, -0.2) is 39.2 Å². The molecule has 1 fully saturated rings. The van der Waals surface area contributed by atoms with Crippen LogP contribution in [0.25, 0.3) is 0 Å². The highest BCUT2D eigenvalue weighted by molar-refractivity contribution is 8.14. The van der Waals surface area contributed by atoms with Crippen molar-refractivity contribution in [3.05, 3.63) is 33.9 Å². The zero-order chi connectivity index (χ0) is 16.3. The van der Waals surface area contributed by atoms with Crippen LogP contribution in [0.3, 0.4) is 0 Å². The molecule has 0 aliphatic carbocycles. The molecule has 0 unspecified atom stereocenters. The summed E-state index contributed by atoms with van der Waals surface area (Å²) >= 11 is 0.894. The number of aryl methyl sites for hydroxylation is 1. The van der Waals surface area contributed by atoms with Crippen molar-refractivity contribution in [3.63, 3.8) is 0 Å². The molecule has 8 nitrogen and oxygen atoms in total. The van der Waals surface area contributed by atoms with Gasteiger partial charge in [-0.2, -0.15) is 0 Å². The van der Waals surface area contributed by atoms with E-state index in [1.165, 1.54) is 12.1 Å². The van der Waals surface area contributed by atoms with Crippen molar-refractivity contribution in [2.24, 2.45) is 0 Å². The van der Waals surface area contributed by atoms with Gasteiger partial charge in [0.2, 0.25) is 11.8 Å². The quantitative estimate of drug-likeness (QED) is 0.655. The first-order chi connectivity index (χ1) is 10.4. The second kappa shape index (κ2) is 6.56. The Kier molecular flexibility index (Phi) is 4.76. The minimum Gasteiger partial charge on any atom is -0.320 e. The van der Waals surface area contributed by atoms with Gasteiger partial charge in [0.15, 0.2) is 0 Å². The molecule has 0 radical (unpaired) electrons. The fraction of sp³-hybridized carbons (Fsp3) is 0.308. The monoisotopic (exact) mass is 323 g/mol. The first-order valence-corrected chi connectivity index (χ1v) is 7.39. The highest BCUT2D eigenvalue weighted by Gasteiger charge is 2.30. The maximum Gasteiger partial charge on any atom is 0.293 e. The summed E-state index contributed by atoms with van der Waals surface area (Å²) in [6, 6.07) is 4.46. The maximum atomic E-state index is 11.9. The second-order valence-corrected chi connectivity index (χ2v) is 5.60. The number of carbonyl (C=O) groups is 3. The normalized spacial score (nSPS) is 14.3. The lowest BCUT2D eigenvalue weighted by Crippen LogP contribution is -2.31. The smallest absolute Gasteiger partial charge is 0.293 e. The Hall–Kier alpha value is -2.42. The average molecular weight is 323 g/mol. The molecule has 1 aliphatic heterocycles. The van der Waals surface area contributed by atoms with Crippen LogP contribution in [-0.2, 0) is 9.59 Å². The van der Waals surface area contributed by atoms with E-state index in [9.17, 15) is 24.5 Å². The number of benzene rings is 1. The van der Waals surface area contributed by atoms with Crippen molar-refractivity contribution in [3.8, 4) is 0 Å². The van der Waals surface area contributed by atoms with Crippen molar-refractivity contribution < 1.29 is 19.3 Å². The number of imide groups is 1. The summed E-state index contributed by atoms with van der Waals surface area (Å²) in [5.74, 6) is -0.738. The lowest BCUT2D eigenvalue weighted by atomic mass is 10.2. The van der Waals surface area contributed by atoms with Crippen LogP contribution >= 0.6 is 11.8 Å². The molecule has 0 saturated carbocycles. The van der Waals surface area contributed by atoms with E-state index >= 15 is 0 Å². The molecule has 0 bridgehead atoms. The molecule has 1 aliphatic rings. The van der Waals surface area contributed by atoms with Crippen molar-refractivity contribution in [2.75, 3.05) is 17.6 Å². The summed E-state index contributed by atoms with van der Waals surface area (Å²) in [4.78, 5) is 46.0. The summed E-state index contributed by atoms with van der Waals surface area (Å²) in [5, 5.41) is 13.0. The van der Waals surface area contributed by atoms with Gasteiger partial charge in [0, 0.05) is 19.0 Å². The highest BCUT2D eigenvalue weighted by Crippen LogP contribution is 2.25. The largest absolute Gasteiger partial charge is 0.320 e. The Labute approximate surface area is 130 Å². The van der Waals surface area contributed by atoms with Gasteiger partial charge in [-0.05, 0) is 18.6 Å². The van der Waals surface area contributed by atoms with Crippen molar-refractivity contribution in [1.29, 1.82) is 0 Å². The third kappa shape index (κ3) is 3.61. The van der Waals surface area contributed by atoms with Gasteiger partial charge in [-0.25, -0.2) is 0 Å². The van der Waals surface area contributed by atoms with Gasteiger partial charge in [0.25, 0.3) is 10.9 Å². The first-order valence-electron chi connectivity index (χ1n) is 6.40. The van der Waals surface area contributed by atoms with E-state index in [0.717, 1.165) is 16.7 Å². The van der Waals surface area contributed by atoms with Crippen LogP contribution in [0.2, 0.25) is 0 Å². The zero-order valence-corrected chi connectivity index (χ0v) is 12.5. The molecule has 0 spiro atoms. The number of nitrogens with one attached hydrogen (secondary N) is 1. The predicted octanol–water partition coefficient (Wildman–Crippen LogP) is 1.93. The van der Waals surface area contributed by atoms with E-state index in [1.807, 2.05) is 0 Å². The molecular weight excluding hydrogens is 310 g/mol. The van der Waals surface area contributed by atoms with Crippen LogP contribution in [0, 0.1) is 17.0 Å². The molecule has 1 aromatic carbocycles. The van der Waals surface area contributed by atoms with Crippen molar-refractivity contribution in [2.45, 2.75) is 13.3 Å². The third-order valence-corrected chi connectivity index (χ3v) is 3.89. The van der Waals surface area contributed by atoms with Crippen LogP contribution in [0.4, 0.5) is 16.2 Å². The number of nitrogens with zero attached hydrogens (tertiary/aromatic N) is 2. The van der Waals surface area contributed by atoms with E-state index in [1.54, 1.807) is 13.0 Å². The van der Waals surface area contributed by atoms with Gasteiger partial charge in [-0.15, -0.1) is 0 Å². The summed E-state index contributed by atoms with van der Waals surface area (Å²) < 4.78 is 0. The summed E-state index contributed by atoms with van der Waals surface area (Å²) in [7, 11) is 0. The first kappa shape index (κ1) is 16.0. The molecule has 116 valence electrons. The molecule has 1 saturated heterocycles. The number of nitro benzene ring substituents is 1. The van der Waals surface area contributed by atoms with E-state index in [2.05, 4.69) is 5.32 Å². The average Bonchev–Trinajstić information content (AvgIpc) is 2.77. The van der Waals surface area contributed by atoms with Gasteiger partial charge in [0.05, 0.1) is 10.7 Å². The number of thioether (sulfide) groups is 1. The van der Waals surface area contributed by atoms with Crippen molar-refractivity contribution in [1.82, 2.24) is 4.90 Å². The van der Waals surface area contributed by atoms with Gasteiger partial charge >= 0.3 is 0 Å². The van der Waals surface area contributed by atoms with E-state index in [-0.39, 0.29) is 41.2 Å². The molecular formula is C13H13N3O5S. The Morgan fingerprint density at radius 1 is 1.45 bits per heavy atom. The molecule has 22 heavy (non-hydrogen) atoms. The van der Waals surface area contributed by atoms with Crippen LogP contribution in [0.5, 0.6) is 0 Å². The summed E-state index contributed by atoms with van der Waals surface area (Å²) in [6.45, 7) is 1.68. The molecule has 3 amide bonds. The summed E-state index contributed by atoms with van der Waals surface area (Å²) in [6.07, 6.45) is -0.108. The molecule has 0 atom stereocenters. The lowest BCUT2D eigenvalue weighted by Gasteiger charge is -2.12. The summed E-state index contributed by atoms with van der Waals surface area (Å²) in [5.41, 5.74) is 0.598. The van der Waals surface area contributed by atoms with Gasteiger partial charge in [0.1, 0.15) is 5.69 Å². The maximum absolute atomic E-state index is 11.9. The number of carbonyl (C=O) groups excluding carboxylic acids is 3. The topological polar surface area (TPSA) is 110 Å². The number of anilines is 1. The van der Waals surface area contributed by atoms with Gasteiger partial charge in [-0.3, -0.25) is 29.4 Å². The predicted molar refractivity (Wildman–Crippen MR) is 80.6 cm³/mol. The Balaban J connectivity index is 1.99. The number of amides is 3. The molecule has 1 heterocycles. The number of nitro groups is 1. The number of hydrogen-bond acceptors (Lipinski definition) is 6. The molecule has 0 aromatic heterocycles. The fourth-order valence-electron chi connectivity index (χ4n) is 1.92. The minimum atomic E-state index is -0.577. The Morgan fingerprint density at radius 2 is 2.18 bits per heavy atom. The van der Waals surface area contributed by atoms with E-state index < -0.39 is 10.8 Å². The van der Waals surface area contributed by atoms with Crippen LogP contribution in [0.15, 0.2) is 18.2 Å². The molecule has 2 rings (SSSR count). The fourth-order valence-corrected chi connectivity index (χ4v) is 2.67. The third-order valence-electron chi connectivity index (χ3n) is 3.03. The van der Waals surface area contributed by atoms with Gasteiger partial charge < -0.3 is 5.32 Å². The SMILES string of the molecule is Cc1ccc(NC(=O)CCN2C(=O)CSC2=O)c([N+](=O)[O-])c1. The van der Waals surface area contributed by atoms with E-state index in [4.69, 9.17) is 0 Å². The van der Waals surface area contributed by atoms with Gasteiger partial charge in [-0.1, -0.05) is 17.8 Å². The molecule has 9 heteroatoms. The second-order valence-electron chi connectivity index (χ2n) is 4.68. The van der Waals surface area contributed by atoms with Crippen molar-refractivity contribution >= 4 is 40.2 Å². The minimum absolute atomic E-state index is 0.0316. The standard InChI is InChI=1S/C13H13N3O5S/c1-8-2-3-9(10(6-8)16(20)21)14-11(17)4-5-15-12(18)7-22-13(15)19/h2-3,6H,4-5,7H2,1H3,(H,14,17). The number of hydrogen-bond donors (Lipinski definition) is 1. The lowest BCUT2D eigenvalue weighted by molar-refractivity contribution is -0.384. The number of rotatable bonds is 5. The van der Waals surface area contributed by atoms with Crippen LogP contribution < -0.4 is 5.32 Å². The van der Waals surface area contributed by atoms with Crippen LogP contribution in [0.1, 0.15) is 12.0 Å². The molecule has 1 N–H and O–H groups in total. The van der Waals surface area contributed by atoms with E-state index in [0.29, 0.717) is 5.56 Å². The zero-order valence-electron chi connectivity index (χ0n) is 11.7. The Bertz CT molecular complexity index is 645. The highest BCUT2D eigenvalue weighted by atomic mass is 32.2. The Morgan fingerprint density at radius 3 is 2.77 bits per heavy atom.